The van der Waals surface area contributed by atoms with E-state index in [0.29, 0.717) is 0 Å². The summed E-state index contributed by atoms with van der Waals surface area (Å²) in [6, 6.07) is 15.6. The Morgan fingerprint density at radius 1 is 0.947 bits per heavy atom. The normalized spacial score (nSPS) is 23.4. The summed E-state index contributed by atoms with van der Waals surface area (Å²) < 4.78 is 12.0. The number of benzene rings is 1. The molecule has 0 aromatic heterocycles. The third kappa shape index (κ3) is 5.10. The monoisotopic (exact) mass is 278 g/mol. The van der Waals surface area contributed by atoms with E-state index < -0.39 is 8.80 Å². The first-order chi connectivity index (χ1) is 9.40. The fourth-order valence-electron chi connectivity index (χ4n) is 3.39. The predicted octanol–water partition coefficient (Wildman–Crippen LogP) is 5.32. The average molecular weight is 278 g/mol. The lowest BCUT2D eigenvalue weighted by Gasteiger charge is -2.28. The van der Waals surface area contributed by atoms with Crippen LogP contribution in [0.25, 0.3) is 0 Å². The molecular weight excluding hydrogens is 251 g/mol. The van der Waals surface area contributed by atoms with Crippen LogP contribution in [0, 0.1) is 0 Å². The first-order valence-corrected chi connectivity index (χ1v) is 10.5. The van der Waals surface area contributed by atoms with Crippen LogP contribution in [0.2, 0.25) is 18.1 Å². The zero-order valence-corrected chi connectivity index (χ0v) is 13.1. The minimum atomic E-state index is -0.433. The lowest BCUT2D eigenvalue weighted by molar-refractivity contribution is 0.455. The molecule has 0 bridgehead atoms. The van der Waals surface area contributed by atoms with Crippen LogP contribution in [0.4, 0.5) is 4.39 Å². The van der Waals surface area contributed by atoms with Gasteiger partial charge in [-0.25, -0.2) is 0 Å². The van der Waals surface area contributed by atoms with Crippen molar-refractivity contribution < 1.29 is 4.39 Å². The highest BCUT2D eigenvalue weighted by atomic mass is 28.3. The fourth-order valence-corrected chi connectivity index (χ4v) is 6.87. The van der Waals surface area contributed by atoms with Gasteiger partial charge in [-0.2, -0.15) is 0 Å². The maximum absolute atomic E-state index is 12.0. The number of halogens is 1. The Kier molecular flexibility index (Phi) is 6.62. The van der Waals surface area contributed by atoms with Crippen LogP contribution in [-0.4, -0.2) is 15.5 Å². The van der Waals surface area contributed by atoms with E-state index >= 15 is 0 Å². The number of hydrogen-bond donors (Lipinski definition) is 0. The van der Waals surface area contributed by atoms with E-state index in [2.05, 4.69) is 30.3 Å². The summed E-state index contributed by atoms with van der Waals surface area (Å²) in [5.74, 6) is 0.830. The topological polar surface area (TPSA) is 0 Å². The van der Waals surface area contributed by atoms with Crippen LogP contribution in [-0.2, 0) is 0 Å². The zero-order chi connectivity index (χ0) is 13.3. The van der Waals surface area contributed by atoms with Crippen molar-refractivity contribution in [1.82, 2.24) is 0 Å². The number of hydrogen-bond acceptors (Lipinski definition) is 0. The van der Waals surface area contributed by atoms with Crippen LogP contribution in [0.1, 0.15) is 50.0 Å². The standard InChI is InChI=1S/C17H27FSi/c18-12-6-1-2-7-13-19-14-10-17(11-15-19)16-8-4-3-5-9-16/h3-5,8-9,17,19H,1-2,6-7,10-15H2. The summed E-state index contributed by atoms with van der Waals surface area (Å²) in [4.78, 5) is 0. The predicted molar refractivity (Wildman–Crippen MR) is 84.4 cm³/mol. The van der Waals surface area contributed by atoms with E-state index in [4.69, 9.17) is 0 Å². The Morgan fingerprint density at radius 3 is 2.32 bits per heavy atom. The molecule has 0 amide bonds. The molecule has 1 aromatic rings. The van der Waals surface area contributed by atoms with Crippen molar-refractivity contribution in [2.45, 2.75) is 62.6 Å². The van der Waals surface area contributed by atoms with Crippen molar-refractivity contribution in [3.05, 3.63) is 35.9 Å². The van der Waals surface area contributed by atoms with Crippen LogP contribution in [0.3, 0.4) is 0 Å². The third-order valence-electron chi connectivity index (χ3n) is 4.61. The second-order valence-corrected chi connectivity index (χ2v) is 9.48. The molecule has 1 aliphatic rings. The van der Waals surface area contributed by atoms with Gasteiger partial charge in [0, 0.05) is 8.80 Å². The lowest BCUT2D eigenvalue weighted by Crippen LogP contribution is -2.20. The molecule has 0 nitrogen and oxygen atoms in total. The molecule has 19 heavy (non-hydrogen) atoms. The summed E-state index contributed by atoms with van der Waals surface area (Å²) >= 11 is 0. The summed E-state index contributed by atoms with van der Waals surface area (Å²) in [6.45, 7) is -0.125. The van der Waals surface area contributed by atoms with Gasteiger partial charge in [-0.3, -0.25) is 4.39 Å². The molecule has 0 N–H and O–H groups in total. The minimum absolute atomic E-state index is 0.125. The number of unbranched alkanes of at least 4 members (excludes halogenated alkanes) is 3. The smallest absolute Gasteiger partial charge is 0.0894 e. The maximum atomic E-state index is 12.0. The van der Waals surface area contributed by atoms with Gasteiger partial charge in [0.05, 0.1) is 6.67 Å². The van der Waals surface area contributed by atoms with Crippen molar-refractivity contribution >= 4 is 8.80 Å². The van der Waals surface area contributed by atoms with E-state index in [1.807, 2.05) is 0 Å². The van der Waals surface area contributed by atoms with Crippen molar-refractivity contribution in [3.8, 4) is 0 Å². The quantitative estimate of drug-likeness (QED) is 0.467. The third-order valence-corrected chi connectivity index (χ3v) is 8.14. The molecule has 0 unspecified atom stereocenters. The Balaban J connectivity index is 1.63. The molecule has 2 heteroatoms. The van der Waals surface area contributed by atoms with Gasteiger partial charge in [0.15, 0.2) is 0 Å². The van der Waals surface area contributed by atoms with Gasteiger partial charge in [0.1, 0.15) is 0 Å². The first-order valence-electron chi connectivity index (χ1n) is 8.01. The second-order valence-electron chi connectivity index (χ2n) is 6.02. The maximum Gasteiger partial charge on any atom is 0.0894 e. The van der Waals surface area contributed by atoms with E-state index in [-0.39, 0.29) is 6.67 Å². The summed E-state index contributed by atoms with van der Waals surface area (Å²) in [7, 11) is -0.433. The highest BCUT2D eigenvalue weighted by Crippen LogP contribution is 2.34. The van der Waals surface area contributed by atoms with Gasteiger partial charge in [-0.15, -0.1) is 0 Å². The Bertz CT molecular complexity index is 330. The summed E-state index contributed by atoms with van der Waals surface area (Å²) in [5.41, 5.74) is 1.55. The molecule has 1 fully saturated rings. The molecule has 0 spiro atoms. The van der Waals surface area contributed by atoms with E-state index in [1.54, 1.807) is 5.56 Å². The molecule has 0 atom stereocenters. The molecule has 1 heterocycles. The Morgan fingerprint density at radius 2 is 1.63 bits per heavy atom. The van der Waals surface area contributed by atoms with Gasteiger partial charge in [-0.05, 0) is 30.7 Å². The molecule has 0 saturated carbocycles. The summed E-state index contributed by atoms with van der Waals surface area (Å²) in [6.07, 6.45) is 7.35. The molecule has 0 radical (unpaired) electrons. The van der Waals surface area contributed by atoms with Crippen molar-refractivity contribution in [1.29, 1.82) is 0 Å². The van der Waals surface area contributed by atoms with Crippen LogP contribution >= 0.6 is 0 Å². The van der Waals surface area contributed by atoms with Gasteiger partial charge < -0.3 is 0 Å². The van der Waals surface area contributed by atoms with E-state index in [9.17, 15) is 4.39 Å². The largest absolute Gasteiger partial charge is 0.251 e. The van der Waals surface area contributed by atoms with E-state index in [1.165, 1.54) is 43.8 Å². The number of rotatable bonds is 7. The molecule has 1 saturated heterocycles. The van der Waals surface area contributed by atoms with Gasteiger partial charge >= 0.3 is 0 Å². The summed E-state index contributed by atoms with van der Waals surface area (Å²) in [5, 5.41) is 0. The van der Waals surface area contributed by atoms with Gasteiger partial charge in [0.2, 0.25) is 0 Å². The Labute approximate surface area is 119 Å². The highest BCUT2D eigenvalue weighted by Gasteiger charge is 2.22. The molecule has 0 aliphatic carbocycles. The van der Waals surface area contributed by atoms with Crippen molar-refractivity contribution in [2.24, 2.45) is 0 Å². The lowest BCUT2D eigenvalue weighted by atomic mass is 9.94. The van der Waals surface area contributed by atoms with E-state index in [0.717, 1.165) is 18.8 Å². The SMILES string of the molecule is FCCCCCC[SiH]1CCC(c2ccccc2)CC1. The van der Waals surface area contributed by atoms with Crippen molar-refractivity contribution in [2.75, 3.05) is 6.67 Å². The first kappa shape index (κ1) is 14.8. The minimum Gasteiger partial charge on any atom is -0.251 e. The number of alkyl halides is 1. The Hall–Kier alpha value is -0.633. The highest BCUT2D eigenvalue weighted by molar-refractivity contribution is 6.59. The molecular formula is C17H27FSi. The van der Waals surface area contributed by atoms with Crippen LogP contribution < -0.4 is 0 Å². The zero-order valence-electron chi connectivity index (χ0n) is 12.0. The molecule has 2 rings (SSSR count). The second kappa shape index (κ2) is 8.52. The average Bonchev–Trinajstić information content (AvgIpc) is 2.49. The fraction of sp³-hybridized carbons (Fsp3) is 0.647. The molecule has 1 aromatic carbocycles. The molecule has 1 aliphatic heterocycles. The van der Waals surface area contributed by atoms with Crippen molar-refractivity contribution in [3.63, 3.8) is 0 Å². The van der Waals surface area contributed by atoms with Gasteiger partial charge in [0.25, 0.3) is 0 Å². The van der Waals surface area contributed by atoms with Crippen LogP contribution in [0.5, 0.6) is 0 Å². The van der Waals surface area contributed by atoms with Gasteiger partial charge in [-0.1, -0.05) is 67.7 Å². The van der Waals surface area contributed by atoms with Crippen LogP contribution in [0.15, 0.2) is 30.3 Å². The molecule has 106 valence electrons.